The zero-order valence-corrected chi connectivity index (χ0v) is 13.6. The lowest BCUT2D eigenvalue weighted by molar-refractivity contribution is 0.505. The summed E-state index contributed by atoms with van der Waals surface area (Å²) in [5.74, 6) is 0. The van der Waals surface area contributed by atoms with Crippen molar-refractivity contribution in [2.45, 2.75) is 70.9 Å². The Morgan fingerprint density at radius 1 is 1.00 bits per heavy atom. The van der Waals surface area contributed by atoms with Crippen molar-refractivity contribution in [2.75, 3.05) is 5.32 Å². The molecule has 1 aromatic carbocycles. The fourth-order valence-electron chi connectivity index (χ4n) is 3.12. The lowest BCUT2D eigenvalue weighted by atomic mass is 9.88. The minimum absolute atomic E-state index is 0.370. The fraction of sp³-hybridized carbons (Fsp3) is 0.579. The van der Waals surface area contributed by atoms with Crippen LogP contribution in [0.5, 0.6) is 0 Å². The van der Waals surface area contributed by atoms with Crippen LogP contribution in [-0.4, -0.2) is 5.66 Å². The van der Waals surface area contributed by atoms with Gasteiger partial charge in [0.25, 0.3) is 0 Å². The van der Waals surface area contributed by atoms with E-state index in [1.54, 1.807) is 0 Å². The third kappa shape index (κ3) is 4.34. The van der Waals surface area contributed by atoms with Gasteiger partial charge in [0.15, 0.2) is 0 Å². The number of anilines is 1. The van der Waals surface area contributed by atoms with E-state index in [1.165, 1.54) is 55.3 Å². The molecular weight excluding hydrogens is 256 g/mol. The summed E-state index contributed by atoms with van der Waals surface area (Å²) in [6, 6.07) is 8.58. The Labute approximate surface area is 129 Å². The second kappa shape index (κ2) is 7.65. The summed E-state index contributed by atoms with van der Waals surface area (Å²) in [6.07, 6.45) is 11.9. The molecule has 1 aliphatic rings. The molecule has 0 amide bonds. The van der Waals surface area contributed by atoms with Crippen LogP contribution in [0.4, 0.5) is 5.69 Å². The molecule has 21 heavy (non-hydrogen) atoms. The summed E-state index contributed by atoms with van der Waals surface area (Å²) < 4.78 is 0. The van der Waals surface area contributed by atoms with Gasteiger partial charge in [0, 0.05) is 11.3 Å². The van der Waals surface area contributed by atoms with Crippen LogP contribution in [0.25, 0.3) is 5.57 Å². The van der Waals surface area contributed by atoms with Crippen molar-refractivity contribution in [2.24, 2.45) is 5.73 Å². The van der Waals surface area contributed by atoms with E-state index in [1.807, 2.05) is 0 Å². The molecule has 1 aliphatic heterocycles. The lowest BCUT2D eigenvalue weighted by Gasteiger charge is -2.35. The molecule has 1 aromatic rings. The van der Waals surface area contributed by atoms with Crippen LogP contribution in [0, 0.1) is 0 Å². The maximum Gasteiger partial charge on any atom is 0.105 e. The SMILES string of the molecule is CCCCCC1=CC(N)(CCCCC)Nc2ccccc21. The summed E-state index contributed by atoms with van der Waals surface area (Å²) in [7, 11) is 0. The molecule has 0 radical (unpaired) electrons. The van der Waals surface area contributed by atoms with Crippen LogP contribution >= 0.6 is 0 Å². The van der Waals surface area contributed by atoms with Crippen molar-refractivity contribution in [1.82, 2.24) is 0 Å². The number of unbranched alkanes of at least 4 members (excludes halogenated alkanes) is 4. The van der Waals surface area contributed by atoms with E-state index in [2.05, 4.69) is 49.5 Å². The maximum atomic E-state index is 6.62. The Kier molecular flexibility index (Phi) is 5.86. The van der Waals surface area contributed by atoms with Crippen LogP contribution in [0.1, 0.15) is 70.8 Å². The number of fused-ring (bicyclic) bond motifs is 1. The third-order valence-electron chi connectivity index (χ3n) is 4.32. The highest BCUT2D eigenvalue weighted by Gasteiger charge is 2.28. The van der Waals surface area contributed by atoms with Crippen LogP contribution in [0.15, 0.2) is 30.3 Å². The second-order valence-electron chi connectivity index (χ2n) is 6.29. The molecule has 0 saturated heterocycles. The molecule has 0 aromatic heterocycles. The lowest BCUT2D eigenvalue weighted by Crippen LogP contribution is -2.47. The van der Waals surface area contributed by atoms with Gasteiger partial charge in [-0.1, -0.05) is 57.7 Å². The highest BCUT2D eigenvalue weighted by atomic mass is 15.1. The first kappa shape index (κ1) is 16.1. The second-order valence-corrected chi connectivity index (χ2v) is 6.29. The largest absolute Gasteiger partial charge is 0.364 e. The average Bonchev–Trinajstić information content (AvgIpc) is 2.47. The topological polar surface area (TPSA) is 38.0 Å². The minimum atomic E-state index is -0.370. The van der Waals surface area contributed by atoms with E-state index in [-0.39, 0.29) is 5.66 Å². The summed E-state index contributed by atoms with van der Waals surface area (Å²) in [6.45, 7) is 4.49. The van der Waals surface area contributed by atoms with Crippen molar-refractivity contribution >= 4 is 11.3 Å². The van der Waals surface area contributed by atoms with Gasteiger partial charge in [-0.05, 0) is 43.4 Å². The van der Waals surface area contributed by atoms with E-state index in [0.717, 1.165) is 12.8 Å². The monoisotopic (exact) mass is 286 g/mol. The summed E-state index contributed by atoms with van der Waals surface area (Å²) in [5.41, 5.74) is 10.2. The van der Waals surface area contributed by atoms with Crippen LogP contribution < -0.4 is 11.1 Å². The van der Waals surface area contributed by atoms with E-state index >= 15 is 0 Å². The van der Waals surface area contributed by atoms with Crippen molar-refractivity contribution in [1.29, 1.82) is 0 Å². The maximum absolute atomic E-state index is 6.62. The standard InChI is InChI=1S/C19H30N2/c1-3-5-7-11-16-15-19(20,14-10-6-4-2)21-18-13-9-8-12-17(16)18/h8-9,12-13,15,21H,3-7,10-11,14,20H2,1-2H3. The van der Waals surface area contributed by atoms with Gasteiger partial charge < -0.3 is 11.1 Å². The van der Waals surface area contributed by atoms with Crippen molar-refractivity contribution in [3.8, 4) is 0 Å². The van der Waals surface area contributed by atoms with E-state index in [0.29, 0.717) is 0 Å². The predicted molar refractivity (Wildman–Crippen MR) is 93.2 cm³/mol. The van der Waals surface area contributed by atoms with Gasteiger partial charge in [-0.25, -0.2) is 0 Å². The number of allylic oxidation sites excluding steroid dienone is 1. The first-order valence-electron chi connectivity index (χ1n) is 8.56. The molecule has 3 N–H and O–H groups in total. The van der Waals surface area contributed by atoms with Crippen molar-refractivity contribution < 1.29 is 0 Å². The molecule has 1 heterocycles. The molecule has 0 spiro atoms. The normalized spacial score (nSPS) is 20.6. The quantitative estimate of drug-likeness (QED) is 0.635. The molecular formula is C19H30N2. The Hall–Kier alpha value is -1.28. The van der Waals surface area contributed by atoms with Gasteiger partial charge in [-0.2, -0.15) is 0 Å². The Morgan fingerprint density at radius 2 is 1.71 bits per heavy atom. The fourth-order valence-corrected chi connectivity index (χ4v) is 3.12. The van der Waals surface area contributed by atoms with Gasteiger partial charge in [-0.3, -0.25) is 0 Å². The number of hydrogen-bond donors (Lipinski definition) is 2. The van der Waals surface area contributed by atoms with Gasteiger partial charge in [0.1, 0.15) is 5.66 Å². The van der Waals surface area contributed by atoms with E-state index < -0.39 is 0 Å². The van der Waals surface area contributed by atoms with Crippen molar-refractivity contribution in [3.05, 3.63) is 35.9 Å². The number of hydrogen-bond acceptors (Lipinski definition) is 2. The molecule has 0 saturated carbocycles. The Bertz CT molecular complexity index is 478. The average molecular weight is 286 g/mol. The summed E-state index contributed by atoms with van der Waals surface area (Å²) in [4.78, 5) is 0. The van der Waals surface area contributed by atoms with Crippen LogP contribution in [-0.2, 0) is 0 Å². The van der Waals surface area contributed by atoms with Gasteiger partial charge in [0.05, 0.1) is 0 Å². The highest BCUT2D eigenvalue weighted by Crippen LogP contribution is 2.36. The van der Waals surface area contributed by atoms with Gasteiger partial charge in [-0.15, -0.1) is 0 Å². The Morgan fingerprint density at radius 3 is 2.48 bits per heavy atom. The van der Waals surface area contributed by atoms with Gasteiger partial charge >= 0.3 is 0 Å². The molecule has 1 atom stereocenters. The molecule has 2 rings (SSSR count). The first-order chi connectivity index (χ1) is 10.2. The zero-order valence-electron chi connectivity index (χ0n) is 13.6. The third-order valence-corrected chi connectivity index (χ3v) is 4.32. The van der Waals surface area contributed by atoms with Crippen LogP contribution in [0.3, 0.4) is 0 Å². The minimum Gasteiger partial charge on any atom is -0.364 e. The molecule has 2 heteroatoms. The molecule has 0 bridgehead atoms. The highest BCUT2D eigenvalue weighted by molar-refractivity contribution is 5.81. The van der Waals surface area contributed by atoms with Crippen molar-refractivity contribution in [3.63, 3.8) is 0 Å². The number of nitrogens with two attached hydrogens (primary N) is 1. The number of para-hydroxylation sites is 1. The van der Waals surface area contributed by atoms with Crippen LogP contribution in [0.2, 0.25) is 0 Å². The Balaban J connectivity index is 2.16. The zero-order chi connectivity index (χ0) is 15.1. The predicted octanol–water partition coefficient (Wildman–Crippen LogP) is 5.31. The first-order valence-corrected chi connectivity index (χ1v) is 8.56. The molecule has 0 fully saturated rings. The molecule has 1 unspecified atom stereocenters. The molecule has 116 valence electrons. The molecule has 2 nitrogen and oxygen atoms in total. The number of nitrogens with one attached hydrogen (secondary N) is 1. The number of benzene rings is 1. The van der Waals surface area contributed by atoms with E-state index in [4.69, 9.17) is 5.73 Å². The van der Waals surface area contributed by atoms with Gasteiger partial charge in [0.2, 0.25) is 0 Å². The summed E-state index contributed by atoms with van der Waals surface area (Å²) >= 11 is 0. The van der Waals surface area contributed by atoms with E-state index in [9.17, 15) is 0 Å². The smallest absolute Gasteiger partial charge is 0.105 e. The number of rotatable bonds is 8. The molecule has 0 aliphatic carbocycles. The summed E-state index contributed by atoms with van der Waals surface area (Å²) in [5, 5.41) is 3.55.